The van der Waals surface area contributed by atoms with Gasteiger partial charge in [0.05, 0.1) is 5.69 Å². The molecule has 1 aliphatic heterocycles. The molecule has 0 saturated heterocycles. The molecule has 0 amide bonds. The molecule has 0 radical (unpaired) electrons. The van der Waals surface area contributed by atoms with Gasteiger partial charge in [0.15, 0.2) is 0 Å². The van der Waals surface area contributed by atoms with Gasteiger partial charge in [0.1, 0.15) is 0 Å². The molecule has 0 fully saturated rings. The molecule has 10 aromatic rings. The number of fused-ring (bicyclic) bond motifs is 4. The third kappa shape index (κ3) is 9.66. The number of pyridine rings is 1. The van der Waals surface area contributed by atoms with Crippen LogP contribution in [-0.2, 0) is 35.6 Å². The van der Waals surface area contributed by atoms with E-state index < -0.39 is 6.04 Å². The summed E-state index contributed by atoms with van der Waals surface area (Å²) in [6, 6.07) is 50.5. The molecule has 0 spiro atoms. The fourth-order valence-corrected chi connectivity index (χ4v) is 11.5. The van der Waals surface area contributed by atoms with Crippen molar-refractivity contribution in [2.45, 2.75) is 98.7 Å². The van der Waals surface area contributed by atoms with Crippen molar-refractivity contribution in [1.82, 2.24) is 23.8 Å². The van der Waals surface area contributed by atoms with E-state index in [0.717, 1.165) is 72.0 Å². The summed E-state index contributed by atoms with van der Waals surface area (Å²) in [5.41, 5.74) is 13.8. The van der Waals surface area contributed by atoms with Crippen molar-refractivity contribution in [2.24, 2.45) is 5.92 Å². The normalized spacial score (nSPS) is 13.8. The number of rotatable bonds is 10. The first kappa shape index (κ1) is 45.0. The molecular formula is C67H67BN6OPt. The molecule has 4 heterocycles. The summed E-state index contributed by atoms with van der Waals surface area (Å²) in [5, 5.41) is 5.33. The SMILES string of the molecule is [2H]c1c([2H])c([2H])c(-c2cccc(-c3cc(C(C)(C)C)cc(C(C)(C)C)c3)c2-n2[c](=[Pt])n(-c3cccc(Oc4ccc5c(c4)N(c4cc(C(C)(C)C)ccn4)B(CC(C)C)n4nc(-c6ccccc6)cc4-5)c3)c3ccccc32)c([2H])c1[2H]. The van der Waals surface area contributed by atoms with Crippen LogP contribution in [0.5, 0.6) is 11.5 Å². The van der Waals surface area contributed by atoms with Crippen molar-refractivity contribution in [1.29, 1.82) is 0 Å². The quantitative estimate of drug-likeness (QED) is 0.128. The van der Waals surface area contributed by atoms with E-state index in [9.17, 15) is 2.74 Å². The second-order valence-electron chi connectivity index (χ2n) is 23.5. The van der Waals surface area contributed by atoms with Gasteiger partial charge in [-0.2, -0.15) is 5.10 Å². The summed E-state index contributed by atoms with van der Waals surface area (Å²) in [6.45, 7) is 24.3. The molecule has 0 atom stereocenters. The fourth-order valence-electron chi connectivity index (χ4n) is 10.4. The van der Waals surface area contributed by atoms with Gasteiger partial charge in [0, 0.05) is 11.8 Å². The van der Waals surface area contributed by atoms with Gasteiger partial charge in [0.2, 0.25) is 0 Å². The third-order valence-electron chi connectivity index (χ3n) is 14.5. The number of hydrogen-bond acceptors (Lipinski definition) is 4. The molecular weight excluding hydrogens is 1110 g/mol. The zero-order valence-electron chi connectivity index (χ0n) is 50.3. The van der Waals surface area contributed by atoms with Gasteiger partial charge < -0.3 is 0 Å². The van der Waals surface area contributed by atoms with Crippen LogP contribution in [0.25, 0.3) is 67.2 Å². The summed E-state index contributed by atoms with van der Waals surface area (Å²) < 4.78 is 59.3. The van der Waals surface area contributed by atoms with Crippen LogP contribution in [0.1, 0.15) is 99.7 Å². The molecule has 76 heavy (non-hydrogen) atoms. The number of anilines is 2. The summed E-state index contributed by atoms with van der Waals surface area (Å²) in [5.74, 6) is 2.47. The van der Waals surface area contributed by atoms with Crippen LogP contribution in [0.3, 0.4) is 0 Å². The number of ether oxygens (including phenoxy) is 1. The molecule has 7 nitrogen and oxygen atoms in total. The molecule has 0 unspecified atom stereocenters. The van der Waals surface area contributed by atoms with Crippen molar-refractivity contribution in [3.63, 3.8) is 0 Å². The fraction of sp³-hybridized carbons (Fsp3) is 0.239. The van der Waals surface area contributed by atoms with E-state index in [0.29, 0.717) is 28.7 Å². The predicted octanol–water partition coefficient (Wildman–Crippen LogP) is 17.6. The first-order chi connectivity index (χ1) is 38.4. The Labute approximate surface area is 467 Å². The van der Waals surface area contributed by atoms with E-state index in [1.807, 2.05) is 54.7 Å². The molecule has 9 heteroatoms. The second-order valence-corrected chi connectivity index (χ2v) is 24.6. The zero-order chi connectivity index (χ0) is 57.6. The average Bonchev–Trinajstić information content (AvgIpc) is 4.13. The maximum atomic E-state index is 9.34. The number of hydrogen-bond donors (Lipinski definition) is 0. The van der Waals surface area contributed by atoms with Crippen LogP contribution in [0.15, 0.2) is 188 Å². The van der Waals surface area contributed by atoms with E-state index in [1.54, 1.807) is 0 Å². The van der Waals surface area contributed by atoms with Crippen molar-refractivity contribution in [3.05, 3.63) is 209 Å². The molecule has 7 aromatic carbocycles. The Bertz CT molecular complexity index is 4100. The third-order valence-corrected chi connectivity index (χ3v) is 15.5. The van der Waals surface area contributed by atoms with Gasteiger partial charge in [-0.3, -0.25) is 0 Å². The number of nitrogens with zero attached hydrogens (tertiary/aromatic N) is 6. The van der Waals surface area contributed by atoms with Gasteiger partial charge in [-0.25, -0.2) is 0 Å². The Hall–Kier alpha value is -7.28. The van der Waals surface area contributed by atoms with E-state index >= 15 is 0 Å². The number of para-hydroxylation sites is 3. The Morgan fingerprint density at radius 2 is 1.21 bits per heavy atom. The van der Waals surface area contributed by atoms with E-state index in [-0.39, 0.29) is 53.0 Å². The summed E-state index contributed by atoms with van der Waals surface area (Å²) in [4.78, 5) is 7.42. The second kappa shape index (κ2) is 19.7. The van der Waals surface area contributed by atoms with Crippen molar-refractivity contribution in [3.8, 4) is 67.6 Å². The molecule has 0 saturated carbocycles. The van der Waals surface area contributed by atoms with Crippen LogP contribution >= 0.6 is 0 Å². The molecule has 0 bridgehead atoms. The summed E-state index contributed by atoms with van der Waals surface area (Å²) >= 11 is 2.38. The number of imidazole rings is 1. The van der Waals surface area contributed by atoms with E-state index in [1.165, 1.54) is 16.7 Å². The van der Waals surface area contributed by atoms with Gasteiger partial charge >= 0.3 is 359 Å². The summed E-state index contributed by atoms with van der Waals surface area (Å²) in [6.07, 6.45) is 2.73. The first-order valence-electron chi connectivity index (χ1n) is 28.8. The van der Waals surface area contributed by atoms with Gasteiger partial charge in [-0.15, -0.1) is 0 Å². The topological polar surface area (TPSA) is 53.0 Å². The zero-order valence-corrected chi connectivity index (χ0v) is 47.6. The number of aromatic nitrogens is 5. The first-order valence-corrected chi connectivity index (χ1v) is 27.4. The maximum absolute atomic E-state index is 9.34. The van der Waals surface area contributed by atoms with Crippen LogP contribution in [0.2, 0.25) is 6.32 Å². The number of benzene rings is 7. The monoisotopic (exact) mass is 1180 g/mol. The van der Waals surface area contributed by atoms with Crippen LogP contribution in [0.4, 0.5) is 11.5 Å². The Morgan fingerprint density at radius 1 is 0.579 bits per heavy atom. The molecule has 11 rings (SSSR count). The van der Waals surface area contributed by atoms with Crippen LogP contribution < -0.4 is 9.55 Å². The molecule has 384 valence electrons. The standard InChI is InChI=1S/C67H67BN6O.Pt/c1-45(2)43-68-73(63-39-49(34-35-69-63)65(3,4)5)61-41-54(32-33-57(61)62-42-58(70-74(62)68)47-24-16-13-17-25-47)75-53-27-20-26-52(40-53)71-44-72(60-31-19-18-30-59(60)71)64-55(46-22-14-12-15-23-46)28-21-29-56(64)48-36-50(66(6,7)8)38-51(37-48)67(9,10)11;/h12-42,45H,43H2,1-11H3;/i12D,14D,15D,22D,23D;. The average molecular weight is 1180 g/mol. The van der Waals surface area contributed by atoms with E-state index in [4.69, 9.17) is 18.9 Å². The minimum absolute atomic E-state index is 0.108. The van der Waals surface area contributed by atoms with Crippen LogP contribution in [0, 0.1) is 9.72 Å². The molecule has 1 aliphatic rings. The van der Waals surface area contributed by atoms with Crippen molar-refractivity contribution < 1.29 is 30.9 Å². The molecule has 0 aliphatic carbocycles. The molecule has 0 N–H and O–H groups in total. The predicted molar refractivity (Wildman–Crippen MR) is 313 cm³/mol. The van der Waals surface area contributed by atoms with Crippen LogP contribution in [-0.4, -0.2) is 30.8 Å². The summed E-state index contributed by atoms with van der Waals surface area (Å²) in [7, 11) is 0. The van der Waals surface area contributed by atoms with Crippen molar-refractivity contribution >= 4 is 29.5 Å². The van der Waals surface area contributed by atoms with Gasteiger partial charge in [-0.05, 0) is 23.0 Å². The van der Waals surface area contributed by atoms with Crippen molar-refractivity contribution in [2.75, 3.05) is 4.81 Å². The van der Waals surface area contributed by atoms with Gasteiger partial charge in [0.25, 0.3) is 0 Å². The Morgan fingerprint density at radius 3 is 1.88 bits per heavy atom. The van der Waals surface area contributed by atoms with E-state index in [2.05, 4.69) is 217 Å². The molecule has 3 aromatic heterocycles. The van der Waals surface area contributed by atoms with Gasteiger partial charge in [-0.1, -0.05) is 65.0 Å². The Kier molecular flexibility index (Phi) is 11.7. The minimum atomic E-state index is -0.434. The Balaban J connectivity index is 1.09.